The number of aromatic nitrogens is 1. The van der Waals surface area contributed by atoms with Gasteiger partial charge in [-0.3, -0.25) is 0 Å². The number of benzene rings is 1. The highest BCUT2D eigenvalue weighted by atomic mass is 16.5. The van der Waals surface area contributed by atoms with Crippen LogP contribution in [0, 0.1) is 11.3 Å². The Hall–Kier alpha value is -2.74. The summed E-state index contributed by atoms with van der Waals surface area (Å²) in [6.07, 6.45) is 1.54. The Balaban J connectivity index is 2.35. The Labute approximate surface area is 111 Å². The van der Waals surface area contributed by atoms with Crippen LogP contribution in [0.15, 0.2) is 36.5 Å². The zero-order valence-corrected chi connectivity index (χ0v) is 10.6. The Bertz CT molecular complexity index is 598. The number of ether oxygens (including phenoxy) is 3. The molecule has 1 heterocycles. The zero-order chi connectivity index (χ0) is 13.7. The van der Waals surface area contributed by atoms with Crippen LogP contribution < -0.4 is 14.2 Å². The van der Waals surface area contributed by atoms with Gasteiger partial charge in [-0.15, -0.1) is 0 Å². The van der Waals surface area contributed by atoms with Crippen molar-refractivity contribution in [1.82, 2.24) is 4.98 Å². The molecule has 2 aromatic rings. The highest BCUT2D eigenvalue weighted by Gasteiger charge is 2.08. The van der Waals surface area contributed by atoms with Gasteiger partial charge in [0.25, 0.3) is 0 Å². The fraction of sp³-hybridized carbons (Fsp3) is 0.143. The molecule has 0 aliphatic carbocycles. The van der Waals surface area contributed by atoms with E-state index in [0.29, 0.717) is 23.0 Å². The summed E-state index contributed by atoms with van der Waals surface area (Å²) in [7, 11) is 3.12. The first kappa shape index (κ1) is 12.7. The minimum atomic E-state index is 0.226. The third kappa shape index (κ3) is 2.93. The van der Waals surface area contributed by atoms with E-state index in [4.69, 9.17) is 19.5 Å². The third-order valence-electron chi connectivity index (χ3n) is 2.43. The minimum absolute atomic E-state index is 0.226. The summed E-state index contributed by atoms with van der Waals surface area (Å²) in [4.78, 5) is 3.93. The summed E-state index contributed by atoms with van der Waals surface area (Å²) in [5.41, 5.74) is 0.226. The normalized spacial score (nSPS) is 9.53. The molecule has 1 aromatic carbocycles. The van der Waals surface area contributed by atoms with E-state index in [1.165, 1.54) is 6.20 Å². The average Bonchev–Trinajstić information content (AvgIpc) is 2.47. The smallest absolute Gasteiger partial charge is 0.183 e. The number of hydrogen-bond acceptors (Lipinski definition) is 5. The van der Waals surface area contributed by atoms with Gasteiger partial charge in [0.2, 0.25) is 0 Å². The molecule has 96 valence electrons. The number of pyridine rings is 1. The molecule has 19 heavy (non-hydrogen) atoms. The molecule has 0 bridgehead atoms. The summed E-state index contributed by atoms with van der Waals surface area (Å²) < 4.78 is 15.9. The van der Waals surface area contributed by atoms with Gasteiger partial charge in [0, 0.05) is 24.4 Å². The Kier molecular flexibility index (Phi) is 3.84. The van der Waals surface area contributed by atoms with Gasteiger partial charge in [0.15, 0.2) is 11.4 Å². The van der Waals surface area contributed by atoms with Crippen molar-refractivity contribution in [3.05, 3.63) is 42.2 Å². The van der Waals surface area contributed by atoms with Gasteiger partial charge in [-0.1, -0.05) is 0 Å². The van der Waals surface area contributed by atoms with E-state index in [-0.39, 0.29) is 5.69 Å². The van der Waals surface area contributed by atoms with Crippen LogP contribution in [0.2, 0.25) is 0 Å². The lowest BCUT2D eigenvalue weighted by Gasteiger charge is -2.10. The minimum Gasteiger partial charge on any atom is -0.496 e. The second-order valence-electron chi connectivity index (χ2n) is 3.61. The highest BCUT2D eigenvalue weighted by Crippen LogP contribution is 2.31. The molecular formula is C14H12N2O3. The van der Waals surface area contributed by atoms with Crippen molar-refractivity contribution in [3.63, 3.8) is 0 Å². The predicted molar refractivity (Wildman–Crippen MR) is 68.6 cm³/mol. The summed E-state index contributed by atoms with van der Waals surface area (Å²) in [6, 6.07) is 10.5. The molecule has 1 aromatic heterocycles. The van der Waals surface area contributed by atoms with E-state index < -0.39 is 0 Å². The van der Waals surface area contributed by atoms with Crippen LogP contribution in [-0.4, -0.2) is 19.2 Å². The van der Waals surface area contributed by atoms with Crippen molar-refractivity contribution in [3.8, 4) is 29.1 Å². The van der Waals surface area contributed by atoms with Gasteiger partial charge < -0.3 is 14.2 Å². The van der Waals surface area contributed by atoms with Crippen molar-refractivity contribution in [2.75, 3.05) is 14.2 Å². The molecule has 5 heteroatoms. The predicted octanol–water partition coefficient (Wildman–Crippen LogP) is 2.76. The number of rotatable bonds is 4. The maximum atomic E-state index is 8.96. The number of methoxy groups -OCH3 is 2. The van der Waals surface area contributed by atoms with Gasteiger partial charge in [-0.2, -0.15) is 5.26 Å². The van der Waals surface area contributed by atoms with Crippen molar-refractivity contribution >= 4 is 0 Å². The molecule has 2 rings (SSSR count). The quantitative estimate of drug-likeness (QED) is 0.841. The van der Waals surface area contributed by atoms with Crippen LogP contribution in [0.4, 0.5) is 0 Å². The van der Waals surface area contributed by atoms with Gasteiger partial charge in [0.1, 0.15) is 23.3 Å². The Morgan fingerprint density at radius 2 is 1.68 bits per heavy atom. The number of nitrogens with zero attached hydrogens (tertiary/aromatic N) is 2. The van der Waals surface area contributed by atoms with Crippen LogP contribution in [0.25, 0.3) is 0 Å². The van der Waals surface area contributed by atoms with Crippen LogP contribution in [0.1, 0.15) is 5.69 Å². The first-order valence-electron chi connectivity index (χ1n) is 5.53. The summed E-state index contributed by atoms with van der Waals surface area (Å²) in [6.45, 7) is 0. The van der Waals surface area contributed by atoms with E-state index >= 15 is 0 Å². The lowest BCUT2D eigenvalue weighted by Crippen LogP contribution is -1.93. The molecule has 0 saturated carbocycles. The molecule has 0 N–H and O–H groups in total. The SMILES string of the molecule is COc1cc(OC)cc(Oc2cccnc2C#N)c1. The zero-order valence-electron chi connectivity index (χ0n) is 10.6. The largest absolute Gasteiger partial charge is 0.496 e. The van der Waals surface area contributed by atoms with Crippen LogP contribution >= 0.6 is 0 Å². The second kappa shape index (κ2) is 5.74. The molecule has 0 unspecified atom stereocenters. The van der Waals surface area contributed by atoms with Gasteiger partial charge in [-0.05, 0) is 12.1 Å². The van der Waals surface area contributed by atoms with E-state index in [0.717, 1.165) is 0 Å². The molecule has 0 spiro atoms. The second-order valence-corrected chi connectivity index (χ2v) is 3.61. The van der Waals surface area contributed by atoms with Gasteiger partial charge >= 0.3 is 0 Å². The maximum absolute atomic E-state index is 8.96. The fourth-order valence-electron chi connectivity index (χ4n) is 1.52. The summed E-state index contributed by atoms with van der Waals surface area (Å²) >= 11 is 0. The summed E-state index contributed by atoms with van der Waals surface area (Å²) in [5, 5.41) is 8.96. The monoisotopic (exact) mass is 256 g/mol. The lowest BCUT2D eigenvalue weighted by molar-refractivity contribution is 0.386. The topological polar surface area (TPSA) is 64.4 Å². The standard InChI is InChI=1S/C14H12N2O3/c1-17-10-6-11(18-2)8-12(7-10)19-14-4-3-5-16-13(14)9-15/h3-8H,1-2H3. The summed E-state index contributed by atoms with van der Waals surface area (Å²) in [5.74, 6) is 2.12. The van der Waals surface area contributed by atoms with Crippen LogP contribution in [-0.2, 0) is 0 Å². The third-order valence-corrected chi connectivity index (χ3v) is 2.43. The highest BCUT2D eigenvalue weighted by molar-refractivity contribution is 5.46. The van der Waals surface area contributed by atoms with Gasteiger partial charge in [0.05, 0.1) is 14.2 Å². The molecule has 0 fully saturated rings. The molecule has 0 radical (unpaired) electrons. The molecule has 0 amide bonds. The van der Waals surface area contributed by atoms with E-state index in [9.17, 15) is 0 Å². The maximum Gasteiger partial charge on any atom is 0.183 e. The molecule has 0 aliphatic rings. The number of nitriles is 1. The van der Waals surface area contributed by atoms with Crippen molar-refractivity contribution < 1.29 is 14.2 Å². The van der Waals surface area contributed by atoms with E-state index in [1.54, 1.807) is 44.6 Å². The first-order chi connectivity index (χ1) is 9.26. The van der Waals surface area contributed by atoms with Gasteiger partial charge in [-0.25, -0.2) is 4.98 Å². The molecule has 0 atom stereocenters. The molecule has 0 aliphatic heterocycles. The fourth-order valence-corrected chi connectivity index (χ4v) is 1.52. The van der Waals surface area contributed by atoms with Crippen molar-refractivity contribution in [2.45, 2.75) is 0 Å². The van der Waals surface area contributed by atoms with E-state index in [1.807, 2.05) is 6.07 Å². The van der Waals surface area contributed by atoms with Crippen molar-refractivity contribution in [1.29, 1.82) is 5.26 Å². The van der Waals surface area contributed by atoms with Crippen LogP contribution in [0.5, 0.6) is 23.0 Å². The molecule has 5 nitrogen and oxygen atoms in total. The van der Waals surface area contributed by atoms with Crippen molar-refractivity contribution in [2.24, 2.45) is 0 Å². The first-order valence-corrected chi connectivity index (χ1v) is 5.53. The average molecular weight is 256 g/mol. The van der Waals surface area contributed by atoms with Crippen LogP contribution in [0.3, 0.4) is 0 Å². The lowest BCUT2D eigenvalue weighted by atomic mass is 10.3. The Morgan fingerprint density at radius 1 is 1.05 bits per heavy atom. The van der Waals surface area contributed by atoms with E-state index in [2.05, 4.69) is 4.98 Å². The molecular weight excluding hydrogens is 244 g/mol. The molecule has 0 saturated heterocycles. The Morgan fingerprint density at radius 3 is 2.26 bits per heavy atom. The number of hydrogen-bond donors (Lipinski definition) is 0.